The van der Waals surface area contributed by atoms with E-state index in [0.717, 1.165) is 6.08 Å². The van der Waals surface area contributed by atoms with Crippen LogP contribution in [0.2, 0.25) is 0 Å². The molecule has 7 N–H and O–H groups in total. The van der Waals surface area contributed by atoms with Crippen molar-refractivity contribution in [3.8, 4) is 0 Å². The van der Waals surface area contributed by atoms with Crippen molar-refractivity contribution in [3.63, 3.8) is 0 Å². The Morgan fingerprint density at radius 1 is 1.14 bits per heavy atom. The van der Waals surface area contributed by atoms with Crippen molar-refractivity contribution in [2.75, 3.05) is 27.2 Å². The Kier molecular flexibility index (Phi) is 9.29. The van der Waals surface area contributed by atoms with Crippen LogP contribution in [-0.2, 0) is 4.79 Å². The fourth-order valence-electron chi connectivity index (χ4n) is 1.48. The summed E-state index contributed by atoms with van der Waals surface area (Å²) >= 11 is 0. The van der Waals surface area contributed by atoms with Crippen LogP contribution in [0.3, 0.4) is 0 Å². The van der Waals surface area contributed by atoms with E-state index in [-0.39, 0.29) is 6.54 Å². The van der Waals surface area contributed by atoms with Crippen LogP contribution in [-0.4, -0.2) is 99.3 Å². The Bertz CT molecular complexity index is 340. The Balaban J connectivity index is 4.45. The lowest BCUT2D eigenvalue weighted by Crippen LogP contribution is -2.50. The smallest absolute Gasteiger partial charge is 0.243 e. The van der Waals surface area contributed by atoms with Gasteiger partial charge in [-0.25, -0.2) is 0 Å². The molecule has 0 saturated heterocycles. The lowest BCUT2D eigenvalue weighted by Gasteiger charge is -2.29. The third-order valence-corrected chi connectivity index (χ3v) is 2.92. The molecular weight excluding hydrogens is 284 g/mol. The largest absolute Gasteiger partial charge is 0.394 e. The summed E-state index contributed by atoms with van der Waals surface area (Å²) in [4.78, 5) is 12.2. The summed E-state index contributed by atoms with van der Waals surface area (Å²) in [5.74, 6) is -0.412. The van der Waals surface area contributed by atoms with Crippen LogP contribution in [0.4, 0.5) is 0 Å². The average Bonchev–Trinajstić information content (AvgIpc) is 2.49. The minimum atomic E-state index is -1.73. The van der Waals surface area contributed by atoms with Crippen LogP contribution < -0.4 is 5.32 Å². The SMILES string of the molecule is CNC(=O)C=CC(O)N(C)CC(O)C(O)C(O)C(O)CO. The van der Waals surface area contributed by atoms with Crippen LogP contribution in [0.5, 0.6) is 0 Å². The van der Waals surface area contributed by atoms with Gasteiger partial charge in [0.25, 0.3) is 0 Å². The van der Waals surface area contributed by atoms with E-state index in [1.165, 1.54) is 25.1 Å². The molecule has 5 atom stereocenters. The molecule has 0 aliphatic carbocycles. The van der Waals surface area contributed by atoms with Crippen LogP contribution >= 0.6 is 0 Å². The molecule has 0 heterocycles. The first-order chi connectivity index (χ1) is 9.74. The third-order valence-electron chi connectivity index (χ3n) is 2.92. The lowest BCUT2D eigenvalue weighted by molar-refractivity contribution is -0.123. The molecule has 9 nitrogen and oxygen atoms in total. The summed E-state index contributed by atoms with van der Waals surface area (Å²) in [5.41, 5.74) is 0. The summed E-state index contributed by atoms with van der Waals surface area (Å²) in [6, 6.07) is 0. The molecule has 0 rings (SSSR count). The maximum atomic E-state index is 11.0. The van der Waals surface area contributed by atoms with Gasteiger partial charge in [-0.05, 0) is 13.1 Å². The quantitative estimate of drug-likeness (QED) is 0.168. The molecule has 0 fully saturated rings. The second kappa shape index (κ2) is 9.79. The Morgan fingerprint density at radius 2 is 1.67 bits per heavy atom. The van der Waals surface area contributed by atoms with Crippen molar-refractivity contribution in [1.82, 2.24) is 10.2 Å². The van der Waals surface area contributed by atoms with Gasteiger partial charge in [0.2, 0.25) is 5.91 Å². The van der Waals surface area contributed by atoms with Gasteiger partial charge in [-0.1, -0.05) is 0 Å². The van der Waals surface area contributed by atoms with Gasteiger partial charge in [-0.2, -0.15) is 0 Å². The molecule has 9 heteroatoms. The Labute approximate surface area is 122 Å². The Morgan fingerprint density at radius 3 is 2.14 bits per heavy atom. The molecule has 0 aromatic heterocycles. The molecule has 1 amide bonds. The molecule has 21 heavy (non-hydrogen) atoms. The van der Waals surface area contributed by atoms with Crippen molar-refractivity contribution in [3.05, 3.63) is 12.2 Å². The predicted octanol–water partition coefficient (Wildman–Crippen LogP) is -4.03. The number of rotatable bonds is 9. The highest BCUT2D eigenvalue weighted by Crippen LogP contribution is 2.07. The van der Waals surface area contributed by atoms with Gasteiger partial charge >= 0.3 is 0 Å². The van der Waals surface area contributed by atoms with E-state index in [4.69, 9.17) is 5.11 Å². The molecule has 0 saturated carbocycles. The molecule has 0 aliphatic rings. The van der Waals surface area contributed by atoms with Gasteiger partial charge in [0.15, 0.2) is 0 Å². The first kappa shape index (κ1) is 19.9. The minimum absolute atomic E-state index is 0.240. The number of aliphatic hydroxyl groups is 6. The zero-order valence-corrected chi connectivity index (χ0v) is 12.0. The molecule has 124 valence electrons. The number of nitrogens with zero attached hydrogens (tertiary/aromatic N) is 1. The van der Waals surface area contributed by atoms with Crippen LogP contribution in [0.1, 0.15) is 0 Å². The highest BCUT2D eigenvalue weighted by Gasteiger charge is 2.31. The number of aliphatic hydroxyl groups excluding tert-OH is 6. The number of carbonyl (C=O) groups excluding carboxylic acids is 1. The van der Waals surface area contributed by atoms with E-state index in [9.17, 15) is 30.3 Å². The molecule has 0 aliphatic heterocycles. The highest BCUT2D eigenvalue weighted by atomic mass is 16.4. The van der Waals surface area contributed by atoms with Crippen LogP contribution in [0.15, 0.2) is 12.2 Å². The number of likely N-dealkylation sites (N-methyl/N-ethyl adjacent to an activating group) is 2. The zero-order chi connectivity index (χ0) is 16.6. The topological polar surface area (TPSA) is 154 Å². The van der Waals surface area contributed by atoms with Gasteiger partial charge in [0, 0.05) is 19.7 Å². The first-order valence-electron chi connectivity index (χ1n) is 6.35. The predicted molar refractivity (Wildman–Crippen MR) is 73.0 cm³/mol. The molecule has 0 radical (unpaired) electrons. The van der Waals surface area contributed by atoms with Gasteiger partial charge in [0.05, 0.1) is 12.7 Å². The number of amides is 1. The van der Waals surface area contributed by atoms with Crippen molar-refractivity contribution in [2.45, 2.75) is 30.6 Å². The molecule has 0 aromatic carbocycles. The summed E-state index contributed by atoms with van der Waals surface area (Å²) in [7, 11) is 2.85. The fourth-order valence-corrected chi connectivity index (χ4v) is 1.48. The summed E-state index contributed by atoms with van der Waals surface area (Å²) in [5, 5.41) is 58.6. The summed E-state index contributed by atoms with van der Waals surface area (Å²) in [6.45, 7) is -1.01. The average molecular weight is 308 g/mol. The maximum absolute atomic E-state index is 11.0. The van der Waals surface area contributed by atoms with Crippen molar-refractivity contribution in [2.24, 2.45) is 0 Å². The summed E-state index contributed by atoms with van der Waals surface area (Å²) < 4.78 is 0. The Hall–Kier alpha value is -1.07. The highest BCUT2D eigenvalue weighted by molar-refractivity contribution is 5.87. The number of carbonyl (C=O) groups is 1. The number of hydrogen-bond acceptors (Lipinski definition) is 8. The number of nitrogens with one attached hydrogen (secondary N) is 1. The van der Waals surface area contributed by atoms with Crippen molar-refractivity contribution >= 4 is 5.91 Å². The van der Waals surface area contributed by atoms with E-state index in [1.54, 1.807) is 0 Å². The summed E-state index contributed by atoms with van der Waals surface area (Å²) in [6.07, 6.45) is -5.40. The molecular formula is C12H24N2O7. The van der Waals surface area contributed by atoms with Gasteiger partial charge in [-0.3, -0.25) is 9.69 Å². The van der Waals surface area contributed by atoms with E-state index in [0.29, 0.717) is 0 Å². The van der Waals surface area contributed by atoms with E-state index in [1.807, 2.05) is 0 Å². The van der Waals surface area contributed by atoms with E-state index < -0.39 is 43.2 Å². The second-order valence-electron chi connectivity index (χ2n) is 4.63. The van der Waals surface area contributed by atoms with E-state index in [2.05, 4.69) is 5.32 Å². The maximum Gasteiger partial charge on any atom is 0.243 e. The lowest BCUT2D eigenvalue weighted by atomic mass is 10.0. The van der Waals surface area contributed by atoms with Crippen molar-refractivity contribution < 1.29 is 35.4 Å². The van der Waals surface area contributed by atoms with Gasteiger partial charge in [0.1, 0.15) is 24.5 Å². The molecule has 0 spiro atoms. The van der Waals surface area contributed by atoms with Crippen molar-refractivity contribution in [1.29, 1.82) is 0 Å². The molecule has 5 unspecified atom stereocenters. The second-order valence-corrected chi connectivity index (χ2v) is 4.63. The fraction of sp³-hybridized carbons (Fsp3) is 0.750. The van der Waals surface area contributed by atoms with Gasteiger partial charge < -0.3 is 36.0 Å². The normalized spacial score (nSPS) is 19.3. The van der Waals surface area contributed by atoms with E-state index >= 15 is 0 Å². The minimum Gasteiger partial charge on any atom is -0.394 e. The zero-order valence-electron chi connectivity index (χ0n) is 12.0. The molecule has 0 bridgehead atoms. The standard InChI is InChI=1S/C12H24N2O7/c1-13-9(18)3-4-10(19)14(2)5-7(16)11(20)12(21)8(17)6-15/h3-4,7-8,10-12,15-17,19-21H,5-6H2,1-2H3,(H,13,18). The molecule has 0 aromatic rings. The monoisotopic (exact) mass is 308 g/mol. The van der Waals surface area contributed by atoms with Crippen LogP contribution in [0, 0.1) is 0 Å². The first-order valence-corrected chi connectivity index (χ1v) is 6.35. The third kappa shape index (κ3) is 6.96. The number of hydrogen-bond donors (Lipinski definition) is 7. The van der Waals surface area contributed by atoms with Gasteiger partial charge in [-0.15, -0.1) is 0 Å². The van der Waals surface area contributed by atoms with Crippen LogP contribution in [0.25, 0.3) is 0 Å².